The Balaban J connectivity index is 1.44. The molecule has 29 heavy (non-hydrogen) atoms. The summed E-state index contributed by atoms with van der Waals surface area (Å²) in [6.45, 7) is 5.74. The molecule has 6 heteroatoms. The monoisotopic (exact) mass is 402 g/mol. The molecule has 146 valence electrons. The van der Waals surface area contributed by atoms with Crippen molar-refractivity contribution in [2.24, 2.45) is 0 Å². The third-order valence-corrected chi connectivity index (χ3v) is 6.39. The molecule has 0 aliphatic carbocycles. The lowest BCUT2D eigenvalue weighted by molar-refractivity contribution is 0.475. The second-order valence-electron chi connectivity index (χ2n) is 7.38. The van der Waals surface area contributed by atoms with Gasteiger partial charge in [0.15, 0.2) is 0 Å². The standard InChI is InChI=1S/C23H22N4OS/c1-16-2-4-17(5-3-16)20-14-29-23-21(20)22(24-15-25-23)27-12-10-26(11-13-27)18-6-8-19(28)9-7-18/h2-9,14-15,28H,10-13H2,1H3. The molecule has 0 radical (unpaired) electrons. The Bertz CT molecular complexity index is 1130. The zero-order valence-corrected chi connectivity index (χ0v) is 17.1. The van der Waals surface area contributed by atoms with Crippen LogP contribution in [-0.2, 0) is 0 Å². The van der Waals surface area contributed by atoms with Gasteiger partial charge in [-0.15, -0.1) is 11.3 Å². The predicted molar refractivity (Wildman–Crippen MR) is 120 cm³/mol. The van der Waals surface area contributed by atoms with Gasteiger partial charge in [0.1, 0.15) is 22.7 Å². The van der Waals surface area contributed by atoms with Gasteiger partial charge in [-0.05, 0) is 36.8 Å². The van der Waals surface area contributed by atoms with Gasteiger partial charge in [-0.3, -0.25) is 0 Å². The SMILES string of the molecule is Cc1ccc(-c2csc3ncnc(N4CCN(c5ccc(O)cc5)CC4)c23)cc1. The molecule has 1 saturated heterocycles. The summed E-state index contributed by atoms with van der Waals surface area (Å²) >= 11 is 1.68. The Morgan fingerprint density at radius 1 is 0.862 bits per heavy atom. The van der Waals surface area contributed by atoms with E-state index in [4.69, 9.17) is 0 Å². The Morgan fingerprint density at radius 2 is 1.55 bits per heavy atom. The van der Waals surface area contributed by atoms with Crippen LogP contribution in [0.3, 0.4) is 0 Å². The molecular formula is C23H22N4OS. The summed E-state index contributed by atoms with van der Waals surface area (Å²) in [5, 5.41) is 12.9. The van der Waals surface area contributed by atoms with Gasteiger partial charge in [0.25, 0.3) is 0 Å². The van der Waals surface area contributed by atoms with Gasteiger partial charge in [-0.25, -0.2) is 9.97 Å². The molecule has 0 spiro atoms. The minimum Gasteiger partial charge on any atom is -0.508 e. The molecule has 1 aliphatic rings. The normalized spacial score (nSPS) is 14.5. The Morgan fingerprint density at radius 3 is 2.28 bits per heavy atom. The number of nitrogens with zero attached hydrogens (tertiary/aromatic N) is 4. The average Bonchev–Trinajstić information content (AvgIpc) is 3.19. The molecule has 1 fully saturated rings. The van der Waals surface area contributed by atoms with Gasteiger partial charge < -0.3 is 14.9 Å². The number of phenolic OH excluding ortho intramolecular Hbond substituents is 1. The number of fused-ring (bicyclic) bond motifs is 1. The molecule has 1 aliphatic heterocycles. The fourth-order valence-corrected chi connectivity index (χ4v) is 4.80. The molecule has 2 aromatic carbocycles. The van der Waals surface area contributed by atoms with E-state index in [1.807, 2.05) is 12.1 Å². The van der Waals surface area contributed by atoms with Crippen LogP contribution in [0.15, 0.2) is 60.2 Å². The van der Waals surface area contributed by atoms with Gasteiger partial charge in [-0.2, -0.15) is 0 Å². The Kier molecular flexibility index (Phi) is 4.56. The van der Waals surface area contributed by atoms with E-state index in [1.54, 1.807) is 29.8 Å². The van der Waals surface area contributed by atoms with Crippen molar-refractivity contribution < 1.29 is 5.11 Å². The zero-order valence-electron chi connectivity index (χ0n) is 16.2. The first kappa shape index (κ1) is 17.9. The highest BCUT2D eigenvalue weighted by Gasteiger charge is 2.22. The fourth-order valence-electron chi connectivity index (χ4n) is 3.88. The summed E-state index contributed by atoms with van der Waals surface area (Å²) in [6.07, 6.45) is 1.68. The minimum absolute atomic E-state index is 0.303. The number of hydrogen-bond acceptors (Lipinski definition) is 6. The largest absolute Gasteiger partial charge is 0.508 e. The summed E-state index contributed by atoms with van der Waals surface area (Å²) in [6, 6.07) is 16.1. The van der Waals surface area contributed by atoms with E-state index >= 15 is 0 Å². The summed E-state index contributed by atoms with van der Waals surface area (Å²) in [7, 11) is 0. The molecule has 5 nitrogen and oxygen atoms in total. The molecule has 0 atom stereocenters. The number of aryl methyl sites for hydroxylation is 1. The van der Waals surface area contributed by atoms with Gasteiger partial charge in [-0.1, -0.05) is 29.8 Å². The second kappa shape index (κ2) is 7.37. The highest BCUT2D eigenvalue weighted by molar-refractivity contribution is 7.17. The van der Waals surface area contributed by atoms with Crippen LogP contribution in [0.5, 0.6) is 5.75 Å². The minimum atomic E-state index is 0.303. The van der Waals surface area contributed by atoms with Crippen molar-refractivity contribution in [3.8, 4) is 16.9 Å². The van der Waals surface area contributed by atoms with Crippen molar-refractivity contribution in [3.63, 3.8) is 0 Å². The smallest absolute Gasteiger partial charge is 0.141 e. The molecule has 0 bridgehead atoms. The lowest BCUT2D eigenvalue weighted by Gasteiger charge is -2.37. The van der Waals surface area contributed by atoms with Crippen molar-refractivity contribution in [2.75, 3.05) is 36.0 Å². The first-order valence-corrected chi connectivity index (χ1v) is 10.7. The summed E-state index contributed by atoms with van der Waals surface area (Å²) in [5.74, 6) is 1.33. The van der Waals surface area contributed by atoms with Crippen LogP contribution in [0.25, 0.3) is 21.3 Å². The number of aromatic hydroxyl groups is 1. The van der Waals surface area contributed by atoms with Crippen LogP contribution in [0.1, 0.15) is 5.56 Å². The number of hydrogen-bond donors (Lipinski definition) is 1. The van der Waals surface area contributed by atoms with Gasteiger partial charge in [0, 0.05) is 42.8 Å². The highest BCUT2D eigenvalue weighted by Crippen LogP contribution is 2.38. The number of phenols is 1. The number of rotatable bonds is 3. The van der Waals surface area contributed by atoms with Crippen molar-refractivity contribution in [1.29, 1.82) is 0 Å². The third-order valence-electron chi connectivity index (χ3n) is 5.51. The predicted octanol–water partition coefficient (Wildman–Crippen LogP) is 4.70. The van der Waals surface area contributed by atoms with Gasteiger partial charge in [0.05, 0.1) is 5.39 Å². The van der Waals surface area contributed by atoms with Crippen LogP contribution in [0, 0.1) is 6.92 Å². The highest BCUT2D eigenvalue weighted by atomic mass is 32.1. The van der Waals surface area contributed by atoms with E-state index in [1.165, 1.54) is 16.7 Å². The Labute approximate surface area is 173 Å². The summed E-state index contributed by atoms with van der Waals surface area (Å²) in [5.41, 5.74) is 4.82. The molecule has 4 aromatic rings. The lowest BCUT2D eigenvalue weighted by Crippen LogP contribution is -2.46. The van der Waals surface area contributed by atoms with Crippen LogP contribution < -0.4 is 9.80 Å². The molecule has 2 aromatic heterocycles. The van der Waals surface area contributed by atoms with E-state index in [0.29, 0.717) is 5.75 Å². The lowest BCUT2D eigenvalue weighted by atomic mass is 10.0. The molecular weight excluding hydrogens is 380 g/mol. The number of anilines is 2. The van der Waals surface area contributed by atoms with E-state index in [2.05, 4.69) is 56.3 Å². The van der Waals surface area contributed by atoms with E-state index in [-0.39, 0.29) is 0 Å². The first-order valence-electron chi connectivity index (χ1n) is 9.77. The van der Waals surface area contributed by atoms with Crippen molar-refractivity contribution >= 4 is 33.1 Å². The van der Waals surface area contributed by atoms with Crippen molar-refractivity contribution in [1.82, 2.24) is 9.97 Å². The van der Waals surface area contributed by atoms with Crippen LogP contribution >= 0.6 is 11.3 Å². The molecule has 0 saturated carbocycles. The number of piperazine rings is 1. The van der Waals surface area contributed by atoms with E-state index in [9.17, 15) is 5.11 Å². The number of thiophene rings is 1. The average molecular weight is 403 g/mol. The number of benzene rings is 2. The van der Waals surface area contributed by atoms with Crippen molar-refractivity contribution in [2.45, 2.75) is 6.92 Å². The van der Waals surface area contributed by atoms with Crippen molar-refractivity contribution in [3.05, 3.63) is 65.8 Å². The molecule has 0 unspecified atom stereocenters. The first-order chi connectivity index (χ1) is 14.2. The van der Waals surface area contributed by atoms with Gasteiger partial charge in [0.2, 0.25) is 0 Å². The maximum atomic E-state index is 9.52. The summed E-state index contributed by atoms with van der Waals surface area (Å²) < 4.78 is 0. The van der Waals surface area contributed by atoms with Gasteiger partial charge >= 0.3 is 0 Å². The fraction of sp³-hybridized carbons (Fsp3) is 0.217. The molecule has 3 heterocycles. The number of aromatic nitrogens is 2. The summed E-state index contributed by atoms with van der Waals surface area (Å²) in [4.78, 5) is 15.0. The zero-order chi connectivity index (χ0) is 19.8. The molecule has 5 rings (SSSR count). The maximum absolute atomic E-state index is 9.52. The van der Waals surface area contributed by atoms with Crippen LogP contribution in [0.2, 0.25) is 0 Å². The molecule has 1 N–H and O–H groups in total. The quantitative estimate of drug-likeness (QED) is 0.538. The molecule has 0 amide bonds. The second-order valence-corrected chi connectivity index (χ2v) is 8.24. The topological polar surface area (TPSA) is 52.5 Å². The van der Waals surface area contributed by atoms with E-state index < -0.39 is 0 Å². The Hall–Kier alpha value is -3.12. The third kappa shape index (κ3) is 3.40. The maximum Gasteiger partial charge on any atom is 0.141 e. The van der Waals surface area contributed by atoms with E-state index in [0.717, 1.165) is 47.9 Å². The van der Waals surface area contributed by atoms with Crippen LogP contribution in [0.4, 0.5) is 11.5 Å². The van der Waals surface area contributed by atoms with Crippen LogP contribution in [-0.4, -0.2) is 41.3 Å².